The summed E-state index contributed by atoms with van der Waals surface area (Å²) in [6, 6.07) is 7.72. The topological polar surface area (TPSA) is 61.6 Å². The van der Waals surface area contributed by atoms with E-state index >= 15 is 0 Å². The highest BCUT2D eigenvalue weighted by Gasteiger charge is 2.37. The summed E-state index contributed by atoms with van der Waals surface area (Å²) >= 11 is 0. The summed E-state index contributed by atoms with van der Waals surface area (Å²) in [5.74, 6) is -0.309. The SMILES string of the molecule is CCN(C[C@H]1CC[C@H](C(=O)O)CC1)c1cc2c(cc1CN(Cc1cc(C(F)(F)F)cc(C(F)(F)F)c1)c1ccn(C)n1)CCC2.Cl. The van der Waals surface area contributed by atoms with Crippen LogP contribution in [0.25, 0.3) is 0 Å². The maximum atomic E-state index is 13.7. The Hall–Kier alpha value is -3.41. The molecular formula is C33H39ClF6N4O2. The zero-order valence-electron chi connectivity index (χ0n) is 25.8. The van der Waals surface area contributed by atoms with Crippen molar-refractivity contribution in [2.75, 3.05) is 22.9 Å². The number of carbonyl (C=O) groups is 1. The molecule has 0 spiro atoms. The highest BCUT2D eigenvalue weighted by Crippen LogP contribution is 2.38. The Kier molecular flexibility index (Phi) is 10.9. The number of aromatic nitrogens is 2. The third kappa shape index (κ3) is 8.29. The van der Waals surface area contributed by atoms with Gasteiger partial charge in [-0.25, -0.2) is 0 Å². The summed E-state index contributed by atoms with van der Waals surface area (Å²) in [4.78, 5) is 15.5. The van der Waals surface area contributed by atoms with Gasteiger partial charge in [0, 0.05) is 51.2 Å². The second-order valence-corrected chi connectivity index (χ2v) is 12.3. The van der Waals surface area contributed by atoms with Gasteiger partial charge in [0.15, 0.2) is 5.82 Å². The lowest BCUT2D eigenvalue weighted by molar-refractivity contribution is -0.144. The van der Waals surface area contributed by atoms with E-state index in [0.717, 1.165) is 62.0 Å². The van der Waals surface area contributed by atoms with Gasteiger partial charge in [-0.15, -0.1) is 12.4 Å². The molecule has 5 rings (SSSR count). The number of aryl methyl sites for hydroxylation is 3. The molecule has 1 heterocycles. The van der Waals surface area contributed by atoms with E-state index in [1.54, 1.807) is 28.9 Å². The van der Waals surface area contributed by atoms with Crippen molar-refractivity contribution in [2.24, 2.45) is 18.9 Å². The van der Waals surface area contributed by atoms with Crippen LogP contribution in [0.15, 0.2) is 42.6 Å². The van der Waals surface area contributed by atoms with Gasteiger partial charge >= 0.3 is 18.3 Å². The number of hydrogen-bond acceptors (Lipinski definition) is 4. The number of aliphatic carboxylic acids is 1. The smallest absolute Gasteiger partial charge is 0.416 e. The molecule has 0 bridgehead atoms. The molecule has 252 valence electrons. The van der Waals surface area contributed by atoms with Gasteiger partial charge in [0.25, 0.3) is 0 Å². The quantitative estimate of drug-likeness (QED) is 0.220. The second kappa shape index (κ2) is 14.1. The van der Waals surface area contributed by atoms with Crippen molar-refractivity contribution in [2.45, 2.75) is 77.3 Å². The average Bonchev–Trinajstić information content (AvgIpc) is 3.63. The zero-order valence-corrected chi connectivity index (χ0v) is 26.6. The van der Waals surface area contributed by atoms with Crippen LogP contribution < -0.4 is 9.80 Å². The number of carboxylic acid groups (broad SMARTS) is 1. The Bertz CT molecular complexity index is 1480. The molecule has 13 heteroatoms. The van der Waals surface area contributed by atoms with Crippen molar-refractivity contribution in [3.63, 3.8) is 0 Å². The van der Waals surface area contributed by atoms with Crippen molar-refractivity contribution < 1.29 is 36.2 Å². The maximum Gasteiger partial charge on any atom is 0.416 e. The minimum atomic E-state index is -4.94. The monoisotopic (exact) mass is 672 g/mol. The van der Waals surface area contributed by atoms with Gasteiger partial charge in [-0.1, -0.05) is 6.07 Å². The molecule has 0 atom stereocenters. The molecule has 46 heavy (non-hydrogen) atoms. The van der Waals surface area contributed by atoms with E-state index in [9.17, 15) is 36.2 Å². The molecule has 2 aliphatic rings. The molecule has 1 N–H and O–H groups in total. The summed E-state index contributed by atoms with van der Waals surface area (Å²) < 4.78 is 83.6. The highest BCUT2D eigenvalue weighted by atomic mass is 35.5. The Morgan fingerprint density at radius 2 is 1.52 bits per heavy atom. The molecule has 0 amide bonds. The molecule has 2 aromatic carbocycles. The molecule has 0 unspecified atom stereocenters. The first-order chi connectivity index (χ1) is 21.2. The first-order valence-electron chi connectivity index (χ1n) is 15.4. The molecule has 0 radical (unpaired) electrons. The standard InChI is InChI=1S/C33H38F6N4O2.ClH/c1-3-42(18-21-7-9-23(10-8-21)31(44)45)29-16-25-6-4-5-24(25)15-26(29)20-43(30-11-12-41(2)40-30)19-22-13-27(32(34,35)36)17-28(14-22)33(37,38)39;/h11-17,21,23H,3-10,18-20H2,1-2H3,(H,44,45);1H/t21-,23-;. The first-order valence-corrected chi connectivity index (χ1v) is 15.4. The number of carboxylic acids is 1. The van der Waals surface area contributed by atoms with E-state index in [1.165, 1.54) is 11.1 Å². The predicted molar refractivity (Wildman–Crippen MR) is 166 cm³/mol. The maximum absolute atomic E-state index is 13.7. The molecule has 3 aromatic rings. The Labute approximate surface area is 270 Å². The van der Waals surface area contributed by atoms with E-state index in [2.05, 4.69) is 29.1 Å². The van der Waals surface area contributed by atoms with Crippen LogP contribution in [0.1, 0.15) is 72.4 Å². The van der Waals surface area contributed by atoms with Crippen molar-refractivity contribution in [1.82, 2.24) is 9.78 Å². The summed E-state index contributed by atoms with van der Waals surface area (Å²) in [5, 5.41) is 13.9. The number of benzene rings is 2. The molecule has 0 aliphatic heterocycles. The van der Waals surface area contributed by atoms with E-state index < -0.39 is 29.4 Å². The van der Waals surface area contributed by atoms with Gasteiger partial charge in [0.05, 0.1) is 17.0 Å². The van der Waals surface area contributed by atoms with Gasteiger partial charge < -0.3 is 14.9 Å². The number of hydrogen-bond donors (Lipinski definition) is 1. The molecule has 1 saturated carbocycles. The zero-order chi connectivity index (χ0) is 32.5. The largest absolute Gasteiger partial charge is 0.481 e. The average molecular weight is 673 g/mol. The van der Waals surface area contributed by atoms with Gasteiger partial charge in [-0.2, -0.15) is 31.4 Å². The van der Waals surface area contributed by atoms with Gasteiger partial charge in [-0.3, -0.25) is 9.48 Å². The number of halogens is 7. The third-order valence-electron chi connectivity index (χ3n) is 9.10. The minimum Gasteiger partial charge on any atom is -0.481 e. The van der Waals surface area contributed by atoms with E-state index in [4.69, 9.17) is 0 Å². The number of fused-ring (bicyclic) bond motifs is 1. The van der Waals surface area contributed by atoms with Crippen LogP contribution in [-0.4, -0.2) is 33.9 Å². The normalized spacial score (nSPS) is 18.2. The highest BCUT2D eigenvalue weighted by molar-refractivity contribution is 5.85. The summed E-state index contributed by atoms with van der Waals surface area (Å²) in [5.41, 5.74) is 1.55. The van der Waals surface area contributed by atoms with Crippen molar-refractivity contribution >= 4 is 29.9 Å². The predicted octanol–water partition coefficient (Wildman–Crippen LogP) is 8.29. The third-order valence-corrected chi connectivity index (χ3v) is 9.10. The van der Waals surface area contributed by atoms with Crippen LogP contribution in [0.2, 0.25) is 0 Å². The van der Waals surface area contributed by atoms with Gasteiger partial charge in [0.1, 0.15) is 0 Å². The van der Waals surface area contributed by atoms with Crippen LogP contribution in [0.5, 0.6) is 0 Å². The van der Waals surface area contributed by atoms with E-state index in [0.29, 0.717) is 31.1 Å². The van der Waals surface area contributed by atoms with Crippen LogP contribution in [0, 0.1) is 11.8 Å². The van der Waals surface area contributed by atoms with Crippen LogP contribution in [0.3, 0.4) is 0 Å². The molecule has 2 aliphatic carbocycles. The fourth-order valence-corrected chi connectivity index (χ4v) is 6.71. The van der Waals surface area contributed by atoms with E-state index in [-0.39, 0.29) is 43.0 Å². The van der Waals surface area contributed by atoms with Crippen LogP contribution in [0.4, 0.5) is 37.8 Å². The molecule has 1 fully saturated rings. The van der Waals surface area contributed by atoms with Gasteiger partial charge in [-0.05, 0) is 104 Å². The lowest BCUT2D eigenvalue weighted by Gasteiger charge is -2.34. The fraction of sp³-hybridized carbons (Fsp3) is 0.515. The van der Waals surface area contributed by atoms with Gasteiger partial charge in [0.2, 0.25) is 0 Å². The molecule has 1 aromatic heterocycles. The summed E-state index contributed by atoms with van der Waals surface area (Å²) in [7, 11) is 1.70. The first kappa shape index (κ1) is 35.4. The van der Waals surface area contributed by atoms with Crippen molar-refractivity contribution in [1.29, 1.82) is 0 Å². The molecule has 6 nitrogen and oxygen atoms in total. The molecule has 0 saturated heterocycles. The Morgan fingerprint density at radius 3 is 2.04 bits per heavy atom. The number of rotatable bonds is 10. The lowest BCUT2D eigenvalue weighted by atomic mass is 9.81. The van der Waals surface area contributed by atoms with Crippen LogP contribution >= 0.6 is 12.4 Å². The fourth-order valence-electron chi connectivity index (χ4n) is 6.71. The minimum absolute atomic E-state index is 0. The number of nitrogens with zero attached hydrogens (tertiary/aromatic N) is 4. The lowest BCUT2D eigenvalue weighted by Crippen LogP contribution is -2.34. The number of anilines is 2. The Balaban J connectivity index is 0.00000480. The van der Waals surface area contributed by atoms with E-state index in [1.807, 2.05) is 0 Å². The summed E-state index contributed by atoms with van der Waals surface area (Å²) in [6.07, 6.45) is -2.44. The summed E-state index contributed by atoms with van der Waals surface area (Å²) in [6.45, 7) is 3.49. The Morgan fingerprint density at radius 1 is 0.913 bits per heavy atom. The van der Waals surface area contributed by atoms with Crippen LogP contribution in [-0.2, 0) is 50.1 Å². The number of alkyl halides is 6. The van der Waals surface area contributed by atoms with Crippen molar-refractivity contribution in [3.05, 3.63) is 76.0 Å². The molecular weight excluding hydrogens is 634 g/mol. The second-order valence-electron chi connectivity index (χ2n) is 12.3. The van der Waals surface area contributed by atoms with Crippen molar-refractivity contribution in [3.8, 4) is 0 Å².